The monoisotopic (exact) mass is 485 g/mol. The van der Waals surface area contributed by atoms with Gasteiger partial charge in [0, 0.05) is 15.6 Å². The van der Waals surface area contributed by atoms with Gasteiger partial charge in [0.05, 0.1) is 15.9 Å². The van der Waals surface area contributed by atoms with Crippen LogP contribution in [-0.2, 0) is 11.3 Å². The first-order valence-electron chi connectivity index (χ1n) is 7.03. The molecule has 8 heteroatoms. The Morgan fingerprint density at radius 3 is 2.64 bits per heavy atom. The van der Waals surface area contributed by atoms with E-state index in [1.807, 2.05) is 0 Å². The summed E-state index contributed by atoms with van der Waals surface area (Å²) in [6.07, 6.45) is 1.44. The number of thioether (sulfide) groups is 1. The molecule has 128 valence electrons. The molecule has 1 saturated heterocycles. The summed E-state index contributed by atoms with van der Waals surface area (Å²) >= 11 is 7.28. The zero-order chi connectivity index (χ0) is 18.1. The van der Waals surface area contributed by atoms with Crippen LogP contribution in [0.1, 0.15) is 11.1 Å². The van der Waals surface area contributed by atoms with Crippen molar-refractivity contribution < 1.29 is 19.1 Å². The van der Waals surface area contributed by atoms with E-state index < -0.39 is 17.0 Å². The number of phenols is 1. The van der Waals surface area contributed by atoms with Crippen molar-refractivity contribution >= 4 is 60.8 Å². The maximum Gasteiger partial charge on any atom is 0.293 e. The molecule has 3 rings (SSSR count). The molecule has 0 bridgehead atoms. The SMILES string of the molecule is O=C1S/C(=C\c2cc(Br)cc(Br)c2O)C(=O)N1Cc1ccccc1F. The third-order valence-electron chi connectivity index (χ3n) is 3.50. The molecule has 25 heavy (non-hydrogen) atoms. The van der Waals surface area contributed by atoms with Gasteiger partial charge in [-0.3, -0.25) is 14.5 Å². The first-order valence-corrected chi connectivity index (χ1v) is 9.44. The summed E-state index contributed by atoms with van der Waals surface area (Å²) in [6.45, 7) is -0.136. The minimum atomic E-state index is -0.520. The fourth-order valence-electron chi connectivity index (χ4n) is 2.27. The summed E-state index contributed by atoms with van der Waals surface area (Å²) in [7, 11) is 0. The number of nitrogens with zero attached hydrogens (tertiary/aromatic N) is 1. The van der Waals surface area contributed by atoms with Gasteiger partial charge in [0.1, 0.15) is 11.6 Å². The number of carbonyl (C=O) groups excluding carboxylic acids is 2. The molecule has 1 aliphatic heterocycles. The summed E-state index contributed by atoms with van der Waals surface area (Å²) in [4.78, 5) is 25.8. The Hall–Kier alpha value is -1.64. The Morgan fingerprint density at radius 2 is 1.92 bits per heavy atom. The van der Waals surface area contributed by atoms with E-state index in [0.717, 1.165) is 16.7 Å². The van der Waals surface area contributed by atoms with E-state index in [0.29, 0.717) is 14.5 Å². The van der Waals surface area contributed by atoms with Gasteiger partial charge in [-0.2, -0.15) is 0 Å². The van der Waals surface area contributed by atoms with Crippen LogP contribution in [0, 0.1) is 5.82 Å². The van der Waals surface area contributed by atoms with Gasteiger partial charge in [-0.15, -0.1) is 0 Å². The topological polar surface area (TPSA) is 57.6 Å². The average Bonchev–Trinajstić information content (AvgIpc) is 2.81. The van der Waals surface area contributed by atoms with Crippen LogP contribution in [0.2, 0.25) is 0 Å². The van der Waals surface area contributed by atoms with Crippen molar-refractivity contribution in [3.05, 3.63) is 67.2 Å². The van der Waals surface area contributed by atoms with Gasteiger partial charge in [-0.1, -0.05) is 34.1 Å². The number of aromatic hydroxyl groups is 1. The van der Waals surface area contributed by atoms with Crippen LogP contribution in [0.5, 0.6) is 5.75 Å². The second-order valence-corrected chi connectivity index (χ2v) is 7.95. The van der Waals surface area contributed by atoms with Gasteiger partial charge < -0.3 is 5.11 Å². The molecule has 0 radical (unpaired) electrons. The zero-order valence-corrected chi connectivity index (χ0v) is 16.5. The number of hydrogen-bond acceptors (Lipinski definition) is 4. The third-order valence-corrected chi connectivity index (χ3v) is 5.47. The quantitative estimate of drug-likeness (QED) is 0.598. The molecule has 1 aliphatic rings. The van der Waals surface area contributed by atoms with Crippen LogP contribution >= 0.6 is 43.6 Å². The highest BCUT2D eigenvalue weighted by molar-refractivity contribution is 9.11. The molecule has 1 N–H and O–H groups in total. The average molecular weight is 487 g/mol. The number of phenolic OH excluding ortho intramolecular Hbond substituents is 1. The molecule has 2 aromatic carbocycles. The number of halogens is 3. The minimum absolute atomic E-state index is 0.0379. The molecule has 0 saturated carbocycles. The van der Waals surface area contributed by atoms with Crippen molar-refractivity contribution in [1.29, 1.82) is 0 Å². The number of rotatable bonds is 3. The number of benzene rings is 2. The molecule has 0 aromatic heterocycles. The Labute approximate surface area is 164 Å². The van der Waals surface area contributed by atoms with E-state index in [-0.39, 0.29) is 22.8 Å². The number of carbonyl (C=O) groups is 2. The Balaban J connectivity index is 1.90. The standard InChI is InChI=1S/C17H10Br2FNO3S/c18-11-5-10(15(22)12(19)7-11)6-14-16(23)21(17(24)25-14)8-9-3-1-2-4-13(9)20/h1-7,22H,8H2/b14-6-. The van der Waals surface area contributed by atoms with Crippen molar-refractivity contribution in [3.8, 4) is 5.75 Å². The Morgan fingerprint density at radius 1 is 1.20 bits per heavy atom. The molecule has 0 atom stereocenters. The van der Waals surface area contributed by atoms with Crippen molar-refractivity contribution in [2.45, 2.75) is 6.54 Å². The van der Waals surface area contributed by atoms with Crippen LogP contribution < -0.4 is 0 Å². The van der Waals surface area contributed by atoms with Crippen molar-refractivity contribution in [3.63, 3.8) is 0 Å². The summed E-state index contributed by atoms with van der Waals surface area (Å²) in [5, 5.41) is 9.61. The highest BCUT2D eigenvalue weighted by atomic mass is 79.9. The highest BCUT2D eigenvalue weighted by Crippen LogP contribution is 2.38. The summed E-state index contributed by atoms with van der Waals surface area (Å²) in [5.74, 6) is -1.03. The first kappa shape index (κ1) is 18.2. The van der Waals surface area contributed by atoms with E-state index in [9.17, 15) is 19.1 Å². The number of amides is 2. The summed E-state index contributed by atoms with van der Waals surface area (Å²) < 4.78 is 14.9. The molecule has 2 aromatic rings. The lowest BCUT2D eigenvalue weighted by atomic mass is 10.1. The van der Waals surface area contributed by atoms with E-state index in [4.69, 9.17) is 0 Å². The van der Waals surface area contributed by atoms with E-state index in [1.165, 1.54) is 18.2 Å². The fourth-order valence-corrected chi connectivity index (χ4v) is 4.36. The van der Waals surface area contributed by atoms with Crippen LogP contribution in [0.3, 0.4) is 0 Å². The number of imide groups is 1. The predicted octanol–water partition coefficient (Wildman–Crippen LogP) is 5.29. The zero-order valence-electron chi connectivity index (χ0n) is 12.5. The van der Waals surface area contributed by atoms with Crippen LogP contribution in [0.4, 0.5) is 9.18 Å². The molecule has 1 heterocycles. The molecule has 0 spiro atoms. The molecule has 0 aliphatic carbocycles. The van der Waals surface area contributed by atoms with Crippen molar-refractivity contribution in [2.24, 2.45) is 0 Å². The summed E-state index contributed by atoms with van der Waals surface area (Å²) in [6, 6.07) is 9.28. The van der Waals surface area contributed by atoms with Gasteiger partial charge >= 0.3 is 0 Å². The molecule has 2 amide bonds. The molecular formula is C17H10Br2FNO3S. The second-order valence-electron chi connectivity index (χ2n) is 5.18. The Bertz CT molecular complexity index is 917. The minimum Gasteiger partial charge on any atom is -0.506 e. The van der Waals surface area contributed by atoms with Crippen LogP contribution in [-0.4, -0.2) is 21.2 Å². The van der Waals surface area contributed by atoms with E-state index >= 15 is 0 Å². The summed E-state index contributed by atoms with van der Waals surface area (Å²) in [5.41, 5.74) is 0.650. The molecule has 0 unspecified atom stereocenters. The third kappa shape index (κ3) is 3.80. The Kier molecular flexibility index (Phi) is 5.31. The maximum absolute atomic E-state index is 13.8. The lowest BCUT2D eigenvalue weighted by Gasteiger charge is -2.12. The maximum atomic E-state index is 13.8. The lowest BCUT2D eigenvalue weighted by Crippen LogP contribution is -2.27. The predicted molar refractivity (Wildman–Crippen MR) is 101 cm³/mol. The molecule has 4 nitrogen and oxygen atoms in total. The highest BCUT2D eigenvalue weighted by Gasteiger charge is 2.35. The van der Waals surface area contributed by atoms with E-state index in [2.05, 4.69) is 31.9 Å². The normalized spacial score (nSPS) is 16.1. The number of hydrogen-bond donors (Lipinski definition) is 1. The van der Waals surface area contributed by atoms with E-state index in [1.54, 1.807) is 24.3 Å². The van der Waals surface area contributed by atoms with Gasteiger partial charge in [0.2, 0.25) is 0 Å². The lowest BCUT2D eigenvalue weighted by molar-refractivity contribution is -0.123. The van der Waals surface area contributed by atoms with Gasteiger partial charge in [-0.05, 0) is 52.0 Å². The van der Waals surface area contributed by atoms with Crippen LogP contribution in [0.25, 0.3) is 6.08 Å². The first-order chi connectivity index (χ1) is 11.9. The van der Waals surface area contributed by atoms with Crippen molar-refractivity contribution in [2.75, 3.05) is 0 Å². The van der Waals surface area contributed by atoms with Crippen LogP contribution in [0.15, 0.2) is 50.2 Å². The smallest absolute Gasteiger partial charge is 0.293 e. The van der Waals surface area contributed by atoms with Crippen molar-refractivity contribution in [1.82, 2.24) is 4.90 Å². The van der Waals surface area contributed by atoms with Gasteiger partial charge in [0.25, 0.3) is 11.1 Å². The molecule has 1 fully saturated rings. The van der Waals surface area contributed by atoms with Gasteiger partial charge in [-0.25, -0.2) is 4.39 Å². The fraction of sp³-hybridized carbons (Fsp3) is 0.0588. The molecular weight excluding hydrogens is 477 g/mol. The van der Waals surface area contributed by atoms with Gasteiger partial charge in [0.15, 0.2) is 0 Å². The second kappa shape index (κ2) is 7.31. The largest absolute Gasteiger partial charge is 0.506 e.